The minimum Gasteiger partial charge on any atom is -0.707 e. The maximum absolute atomic E-state index is 3.74. The van der Waals surface area contributed by atoms with Crippen LogP contribution in [0.15, 0.2) is 12.4 Å². The van der Waals surface area contributed by atoms with E-state index < -0.39 is 0 Å². The minimum atomic E-state index is 0. The van der Waals surface area contributed by atoms with Gasteiger partial charge in [-0.1, -0.05) is 0 Å². The molecule has 0 N–H and O–H groups in total. The molecule has 1 radical (unpaired) electrons. The third kappa shape index (κ3) is 1.41. The molecule has 0 spiro atoms. The van der Waals surface area contributed by atoms with Crippen LogP contribution >= 0.6 is 0 Å². The molecule has 0 atom stereocenters. The molecular weight excluding hydrogens is 167 g/mol. The Morgan fingerprint density at radius 3 is 1.83 bits per heavy atom. The van der Waals surface area contributed by atoms with Gasteiger partial charge < -0.3 is 10.6 Å². The van der Waals surface area contributed by atoms with Gasteiger partial charge in [-0.05, 0) is 0 Å². The van der Waals surface area contributed by atoms with E-state index >= 15 is 0 Å². The summed E-state index contributed by atoms with van der Waals surface area (Å²) in [7, 11) is 0. The second-order valence-electron chi connectivity index (χ2n) is 0.805. The maximum Gasteiger partial charge on any atom is 2.00 e. The van der Waals surface area contributed by atoms with Gasteiger partial charge in [-0.2, -0.15) is 0 Å². The van der Waals surface area contributed by atoms with E-state index in [9.17, 15) is 0 Å². The second kappa shape index (κ2) is 3.16. The number of hydrogen-bond acceptors (Lipinski definition) is 0. The van der Waals surface area contributed by atoms with Crippen molar-refractivity contribution in [2.45, 2.75) is 0 Å². The summed E-state index contributed by atoms with van der Waals surface area (Å²) in [6, 6.07) is 0. The maximum atomic E-state index is 3.74. The Labute approximate surface area is 49.8 Å². The van der Waals surface area contributed by atoms with E-state index in [1.165, 1.54) is 0 Å². The largest absolute Gasteiger partial charge is 2.00 e. The van der Waals surface area contributed by atoms with Crippen molar-refractivity contribution >= 4 is 0 Å². The van der Waals surface area contributed by atoms with E-state index in [-0.39, 0.29) is 19.5 Å². The number of rotatable bonds is 0. The van der Waals surface area contributed by atoms with E-state index in [1.807, 2.05) is 0 Å². The molecule has 2 nitrogen and oxygen atoms in total. The van der Waals surface area contributed by atoms with E-state index in [0.717, 1.165) is 0 Å². The van der Waals surface area contributed by atoms with Gasteiger partial charge in [-0.3, -0.25) is 0 Å². The van der Waals surface area contributed by atoms with E-state index in [0.29, 0.717) is 6.67 Å². The van der Waals surface area contributed by atoms with Crippen molar-refractivity contribution in [3.63, 3.8) is 0 Å². The van der Waals surface area contributed by atoms with Gasteiger partial charge in [-0.15, -0.1) is 0 Å². The fraction of sp³-hybridized carbons (Fsp3) is 0.333. The molecule has 6 heavy (non-hydrogen) atoms. The van der Waals surface area contributed by atoms with Crippen molar-refractivity contribution in [3.05, 3.63) is 23.0 Å². The number of hydrogen-bond donors (Lipinski definition) is 0. The van der Waals surface area contributed by atoms with Crippen molar-refractivity contribution < 1.29 is 19.5 Å². The van der Waals surface area contributed by atoms with E-state index in [4.69, 9.17) is 0 Å². The summed E-state index contributed by atoms with van der Waals surface area (Å²) in [5.41, 5.74) is 0. The molecule has 1 aliphatic heterocycles. The zero-order chi connectivity index (χ0) is 3.54. The predicted molar refractivity (Wildman–Crippen MR) is 20.7 cm³/mol. The Balaban J connectivity index is 0.000000250. The molecule has 0 aliphatic carbocycles. The Morgan fingerprint density at radius 2 is 1.67 bits per heavy atom. The van der Waals surface area contributed by atoms with Crippen molar-refractivity contribution in [3.8, 4) is 0 Å². The van der Waals surface area contributed by atoms with Crippen LogP contribution in [0.1, 0.15) is 0 Å². The average molecular weight is 171 g/mol. The molecular formula is C3H4N2Rh. The van der Waals surface area contributed by atoms with E-state index in [2.05, 4.69) is 10.6 Å². The number of nitrogens with zero attached hydrogens (tertiary/aromatic N) is 2. The topological polar surface area (TPSA) is 28.2 Å². The van der Waals surface area contributed by atoms with Crippen LogP contribution < -0.4 is 0 Å². The van der Waals surface area contributed by atoms with E-state index in [1.54, 1.807) is 12.4 Å². The minimum absolute atomic E-state index is 0. The Morgan fingerprint density at radius 1 is 1.17 bits per heavy atom. The van der Waals surface area contributed by atoms with Crippen LogP contribution in [-0.4, -0.2) is 6.67 Å². The molecule has 0 aromatic carbocycles. The fourth-order valence-corrected chi connectivity index (χ4v) is 0.236. The first-order chi connectivity index (χ1) is 2.50. The standard InChI is InChI=1S/C3H4N2.Rh/c1-2-5-3-4-1;/h1-2H,3H2;/q-2;+2. The van der Waals surface area contributed by atoms with Crippen LogP contribution in [0.5, 0.6) is 0 Å². The average Bonchev–Trinajstić information content (AvgIpc) is 1.76. The molecule has 0 aromatic heterocycles. The van der Waals surface area contributed by atoms with Crippen LogP contribution in [0, 0.1) is 0 Å². The van der Waals surface area contributed by atoms with Crippen LogP contribution in [0.4, 0.5) is 0 Å². The first kappa shape index (κ1) is 5.96. The van der Waals surface area contributed by atoms with Crippen LogP contribution in [-0.2, 0) is 19.5 Å². The van der Waals surface area contributed by atoms with Gasteiger partial charge in [0.15, 0.2) is 0 Å². The molecule has 0 amide bonds. The van der Waals surface area contributed by atoms with Crippen molar-refractivity contribution in [2.75, 3.05) is 6.67 Å². The summed E-state index contributed by atoms with van der Waals surface area (Å²) in [5, 5.41) is 7.47. The zero-order valence-electron chi connectivity index (χ0n) is 3.09. The third-order valence-electron chi connectivity index (χ3n) is 0.441. The van der Waals surface area contributed by atoms with Crippen LogP contribution in [0.3, 0.4) is 0 Å². The van der Waals surface area contributed by atoms with Crippen molar-refractivity contribution in [1.29, 1.82) is 0 Å². The summed E-state index contributed by atoms with van der Waals surface area (Å²) in [4.78, 5) is 0. The first-order valence-corrected chi connectivity index (χ1v) is 1.48. The molecule has 3 heteroatoms. The zero-order valence-corrected chi connectivity index (χ0v) is 4.73. The SMILES string of the molecule is C1=C[N-]C[N-]1.[Rh+2]. The first-order valence-electron chi connectivity index (χ1n) is 1.48. The Bertz CT molecular complexity index is 46.8. The molecule has 0 saturated carbocycles. The molecule has 0 bridgehead atoms. The summed E-state index contributed by atoms with van der Waals surface area (Å²) in [6.07, 6.45) is 3.39. The monoisotopic (exact) mass is 171 g/mol. The summed E-state index contributed by atoms with van der Waals surface area (Å²) in [5.74, 6) is 0. The predicted octanol–water partition coefficient (Wildman–Crippen LogP) is 1.17. The second-order valence-corrected chi connectivity index (χ2v) is 0.805. The Kier molecular flexibility index (Phi) is 3.15. The van der Waals surface area contributed by atoms with Gasteiger partial charge in [0.2, 0.25) is 0 Å². The van der Waals surface area contributed by atoms with Gasteiger partial charge in [0.25, 0.3) is 0 Å². The van der Waals surface area contributed by atoms with Crippen LogP contribution in [0.2, 0.25) is 0 Å². The summed E-state index contributed by atoms with van der Waals surface area (Å²) < 4.78 is 0. The molecule has 0 unspecified atom stereocenters. The smallest absolute Gasteiger partial charge is 0.707 e. The molecule has 1 aliphatic rings. The quantitative estimate of drug-likeness (QED) is 0.489. The fourth-order valence-electron chi connectivity index (χ4n) is 0.236. The van der Waals surface area contributed by atoms with Crippen LogP contribution in [0.25, 0.3) is 10.6 Å². The molecule has 0 fully saturated rings. The molecule has 35 valence electrons. The summed E-state index contributed by atoms with van der Waals surface area (Å²) >= 11 is 0. The van der Waals surface area contributed by atoms with Crippen molar-refractivity contribution in [1.82, 2.24) is 0 Å². The normalized spacial score (nSPS) is 14.7. The molecule has 0 saturated heterocycles. The van der Waals surface area contributed by atoms with Gasteiger partial charge in [-0.25, -0.2) is 19.1 Å². The van der Waals surface area contributed by atoms with Gasteiger partial charge in [0, 0.05) is 0 Å². The summed E-state index contributed by atoms with van der Waals surface area (Å²) in [6.45, 7) is 0.639. The van der Waals surface area contributed by atoms with Gasteiger partial charge in [0.1, 0.15) is 0 Å². The molecule has 0 aromatic rings. The third-order valence-corrected chi connectivity index (χ3v) is 0.441. The van der Waals surface area contributed by atoms with Gasteiger partial charge >= 0.3 is 19.5 Å². The van der Waals surface area contributed by atoms with Crippen molar-refractivity contribution in [2.24, 2.45) is 0 Å². The molecule has 1 heterocycles. The van der Waals surface area contributed by atoms with Gasteiger partial charge in [0.05, 0.1) is 0 Å². The Hall–Kier alpha value is -0.0366. The molecule has 1 rings (SSSR count).